The molecule has 0 fully saturated rings. The molecule has 2 aromatic rings. The average molecular weight is 300 g/mol. The first kappa shape index (κ1) is 14.7. The van der Waals surface area contributed by atoms with Crippen molar-refractivity contribution in [3.8, 4) is 10.6 Å². The Labute approximate surface area is 131 Å². The van der Waals surface area contributed by atoms with Gasteiger partial charge < -0.3 is 5.32 Å². The van der Waals surface area contributed by atoms with Crippen molar-refractivity contribution in [3.05, 3.63) is 39.9 Å². The van der Waals surface area contributed by atoms with E-state index in [9.17, 15) is 0 Å². The van der Waals surface area contributed by atoms with E-state index >= 15 is 0 Å². The molecule has 1 unspecified atom stereocenters. The number of rotatable bonds is 4. The molecule has 112 valence electrons. The van der Waals surface area contributed by atoms with Crippen molar-refractivity contribution in [1.29, 1.82) is 0 Å². The third-order valence-corrected chi connectivity index (χ3v) is 5.44. The summed E-state index contributed by atoms with van der Waals surface area (Å²) in [5, 5.41) is 4.87. The Kier molecular flexibility index (Phi) is 4.41. The van der Waals surface area contributed by atoms with Crippen molar-refractivity contribution in [2.24, 2.45) is 0 Å². The number of nitrogens with one attached hydrogen (secondary N) is 1. The number of fused-ring (bicyclic) bond motifs is 1. The van der Waals surface area contributed by atoms with Crippen molar-refractivity contribution >= 4 is 11.3 Å². The van der Waals surface area contributed by atoms with E-state index in [-0.39, 0.29) is 0 Å². The molecule has 0 spiro atoms. The first-order valence-corrected chi connectivity index (χ1v) is 8.82. The second-order valence-electron chi connectivity index (χ2n) is 5.99. The molecule has 0 saturated carbocycles. The molecule has 1 N–H and O–H groups in total. The fourth-order valence-corrected chi connectivity index (χ4v) is 4.53. The summed E-state index contributed by atoms with van der Waals surface area (Å²) in [5.74, 6) is 0. The third kappa shape index (κ3) is 2.90. The van der Waals surface area contributed by atoms with Crippen molar-refractivity contribution in [1.82, 2.24) is 10.3 Å². The van der Waals surface area contributed by atoms with Gasteiger partial charge in [0.2, 0.25) is 0 Å². The lowest BCUT2D eigenvalue weighted by atomic mass is 9.97. The van der Waals surface area contributed by atoms with E-state index in [0.29, 0.717) is 6.04 Å². The van der Waals surface area contributed by atoms with Gasteiger partial charge in [-0.05, 0) is 57.2 Å². The summed E-state index contributed by atoms with van der Waals surface area (Å²) in [5.41, 5.74) is 5.32. The number of hydrogen-bond donors (Lipinski definition) is 1. The first-order chi connectivity index (χ1) is 10.2. The van der Waals surface area contributed by atoms with Crippen LogP contribution in [0.25, 0.3) is 10.6 Å². The van der Waals surface area contributed by atoms with Crippen LogP contribution >= 0.6 is 11.3 Å². The fraction of sp³-hybridized carbons (Fsp3) is 0.500. The lowest BCUT2D eigenvalue weighted by molar-refractivity contribution is 0.454. The Balaban J connectivity index is 1.98. The normalized spacial score (nSPS) is 17.8. The van der Waals surface area contributed by atoms with Crippen LogP contribution in [0.2, 0.25) is 0 Å². The Morgan fingerprint density at radius 2 is 2.05 bits per heavy atom. The summed E-state index contributed by atoms with van der Waals surface area (Å²) in [7, 11) is 0. The number of aryl methyl sites for hydroxylation is 3. The number of benzene rings is 1. The lowest BCUT2D eigenvalue weighted by Crippen LogP contribution is -2.25. The number of nitrogens with zero attached hydrogens (tertiary/aromatic N) is 1. The summed E-state index contributed by atoms with van der Waals surface area (Å²) in [4.78, 5) is 6.53. The molecule has 1 aliphatic carbocycles. The predicted octanol–water partition coefficient (Wildman–Crippen LogP) is 4.80. The molecule has 1 atom stereocenters. The molecule has 3 rings (SSSR count). The van der Waals surface area contributed by atoms with Gasteiger partial charge in [0.15, 0.2) is 0 Å². The smallest absolute Gasteiger partial charge is 0.124 e. The van der Waals surface area contributed by atoms with Crippen LogP contribution in [0.4, 0.5) is 0 Å². The molecule has 1 heterocycles. The van der Waals surface area contributed by atoms with E-state index in [0.717, 1.165) is 6.54 Å². The highest BCUT2D eigenvalue weighted by molar-refractivity contribution is 7.15. The molecule has 3 heteroatoms. The SMILES string of the molecule is CCCNC1CCCc2sc(-c3c(C)cccc3C)nc21. The molecule has 21 heavy (non-hydrogen) atoms. The van der Waals surface area contributed by atoms with Crippen LogP contribution < -0.4 is 5.32 Å². The lowest BCUT2D eigenvalue weighted by Gasteiger charge is -2.22. The number of thiazole rings is 1. The molecule has 0 radical (unpaired) electrons. The molecular weight excluding hydrogens is 276 g/mol. The van der Waals surface area contributed by atoms with Gasteiger partial charge in [0.25, 0.3) is 0 Å². The summed E-state index contributed by atoms with van der Waals surface area (Å²) in [6.07, 6.45) is 4.88. The molecular formula is C18H24N2S. The highest BCUT2D eigenvalue weighted by Crippen LogP contribution is 2.39. The summed E-state index contributed by atoms with van der Waals surface area (Å²) in [6.45, 7) is 7.69. The summed E-state index contributed by atoms with van der Waals surface area (Å²) >= 11 is 1.90. The zero-order chi connectivity index (χ0) is 14.8. The van der Waals surface area contributed by atoms with Crippen LogP contribution in [0.15, 0.2) is 18.2 Å². The number of aromatic nitrogens is 1. The van der Waals surface area contributed by atoms with Gasteiger partial charge in [0.05, 0.1) is 11.7 Å². The molecule has 1 aromatic heterocycles. The molecule has 0 bridgehead atoms. The standard InChI is InChI=1S/C18H24N2S/c1-4-11-19-14-9-6-10-15-17(14)20-18(21-15)16-12(2)7-5-8-13(16)3/h5,7-8,14,19H,4,6,9-11H2,1-3H3. The molecule has 0 saturated heterocycles. The van der Waals surface area contributed by atoms with E-state index in [1.54, 1.807) is 0 Å². The highest BCUT2D eigenvalue weighted by atomic mass is 32.1. The molecule has 2 nitrogen and oxygen atoms in total. The van der Waals surface area contributed by atoms with Crippen molar-refractivity contribution in [3.63, 3.8) is 0 Å². The minimum atomic E-state index is 0.461. The fourth-order valence-electron chi connectivity index (χ4n) is 3.19. The van der Waals surface area contributed by atoms with E-state index in [4.69, 9.17) is 4.98 Å². The van der Waals surface area contributed by atoms with E-state index in [1.807, 2.05) is 11.3 Å². The van der Waals surface area contributed by atoms with Crippen LogP contribution in [-0.4, -0.2) is 11.5 Å². The maximum atomic E-state index is 5.03. The summed E-state index contributed by atoms with van der Waals surface area (Å²) in [6, 6.07) is 6.97. The predicted molar refractivity (Wildman–Crippen MR) is 91.0 cm³/mol. The van der Waals surface area contributed by atoms with Gasteiger partial charge in [-0.1, -0.05) is 25.1 Å². The topological polar surface area (TPSA) is 24.9 Å². The van der Waals surface area contributed by atoms with Crippen LogP contribution in [0.1, 0.15) is 53.9 Å². The third-order valence-electron chi connectivity index (χ3n) is 4.29. The van der Waals surface area contributed by atoms with Gasteiger partial charge in [0, 0.05) is 10.4 Å². The average Bonchev–Trinajstić information content (AvgIpc) is 2.89. The van der Waals surface area contributed by atoms with Gasteiger partial charge in [-0.2, -0.15) is 0 Å². The van der Waals surface area contributed by atoms with Gasteiger partial charge >= 0.3 is 0 Å². The monoisotopic (exact) mass is 300 g/mol. The Bertz CT molecular complexity index is 610. The number of hydrogen-bond acceptors (Lipinski definition) is 3. The van der Waals surface area contributed by atoms with Crippen LogP contribution in [-0.2, 0) is 6.42 Å². The minimum absolute atomic E-state index is 0.461. The minimum Gasteiger partial charge on any atom is -0.309 e. The van der Waals surface area contributed by atoms with Crippen molar-refractivity contribution < 1.29 is 0 Å². The van der Waals surface area contributed by atoms with E-state index in [1.165, 1.54) is 58.0 Å². The van der Waals surface area contributed by atoms with Gasteiger partial charge in [-0.25, -0.2) is 4.98 Å². The zero-order valence-corrected chi connectivity index (χ0v) is 14.0. The van der Waals surface area contributed by atoms with Crippen LogP contribution in [0.5, 0.6) is 0 Å². The van der Waals surface area contributed by atoms with Crippen LogP contribution in [0, 0.1) is 13.8 Å². The van der Waals surface area contributed by atoms with Gasteiger partial charge in [-0.15, -0.1) is 11.3 Å². The first-order valence-electron chi connectivity index (χ1n) is 8.00. The molecule has 1 aliphatic rings. The Hall–Kier alpha value is -1.19. The van der Waals surface area contributed by atoms with Crippen molar-refractivity contribution in [2.45, 2.75) is 52.5 Å². The maximum absolute atomic E-state index is 5.03. The Morgan fingerprint density at radius 1 is 1.29 bits per heavy atom. The second-order valence-corrected chi connectivity index (χ2v) is 7.08. The Morgan fingerprint density at radius 3 is 2.76 bits per heavy atom. The summed E-state index contributed by atoms with van der Waals surface area (Å²) < 4.78 is 0. The van der Waals surface area contributed by atoms with Crippen molar-refractivity contribution in [2.75, 3.05) is 6.54 Å². The molecule has 0 amide bonds. The van der Waals surface area contributed by atoms with Gasteiger partial charge in [-0.3, -0.25) is 0 Å². The highest BCUT2D eigenvalue weighted by Gasteiger charge is 2.25. The van der Waals surface area contributed by atoms with Gasteiger partial charge in [0.1, 0.15) is 5.01 Å². The van der Waals surface area contributed by atoms with E-state index < -0.39 is 0 Å². The molecule has 1 aromatic carbocycles. The molecule has 0 aliphatic heterocycles. The maximum Gasteiger partial charge on any atom is 0.124 e. The van der Waals surface area contributed by atoms with Crippen LogP contribution in [0.3, 0.4) is 0 Å². The second kappa shape index (κ2) is 6.29. The van der Waals surface area contributed by atoms with E-state index in [2.05, 4.69) is 44.3 Å². The zero-order valence-electron chi connectivity index (χ0n) is 13.2. The largest absolute Gasteiger partial charge is 0.309 e. The quantitative estimate of drug-likeness (QED) is 0.877.